The zero-order valence-corrected chi connectivity index (χ0v) is 18.8. The van der Waals surface area contributed by atoms with Gasteiger partial charge in [0, 0.05) is 0 Å². The Labute approximate surface area is 157 Å². The number of hydrogen-bond acceptors (Lipinski definition) is 0. The van der Waals surface area contributed by atoms with Gasteiger partial charge in [-0.2, -0.15) is 17.2 Å². The molecule has 0 fully saturated rings. The second-order valence-corrected chi connectivity index (χ2v) is 16.5. The van der Waals surface area contributed by atoms with Gasteiger partial charge in [-0.05, 0) is 5.41 Å². The molecule has 0 heterocycles. The van der Waals surface area contributed by atoms with E-state index in [1.165, 1.54) is 21.9 Å². The molecule has 0 nitrogen and oxygen atoms in total. The van der Waals surface area contributed by atoms with Gasteiger partial charge in [0.05, 0.1) is 0 Å². The smallest absolute Gasteiger partial charge is 0.0809 e. The van der Waals surface area contributed by atoms with Gasteiger partial charge < -0.3 is 0 Å². The van der Waals surface area contributed by atoms with Crippen LogP contribution in [0.25, 0.3) is 10.8 Å². The first-order valence-electron chi connectivity index (χ1n) is 8.11. The molecule has 0 atom stereocenters. The summed E-state index contributed by atoms with van der Waals surface area (Å²) in [6, 6.07) is 12.8. The molecule has 120 valence electrons. The summed E-state index contributed by atoms with van der Waals surface area (Å²) in [5, 5.41) is 2.72. The van der Waals surface area contributed by atoms with Crippen molar-refractivity contribution >= 4 is 16.2 Å². The number of fused-ring (bicyclic) bond motifs is 1. The van der Waals surface area contributed by atoms with E-state index >= 15 is 0 Å². The number of allylic oxidation sites excluding steroid dienone is 4. The van der Waals surface area contributed by atoms with Crippen LogP contribution in [0.4, 0.5) is 0 Å². The third-order valence-corrected chi connectivity index (χ3v) is 3.56. The number of aryl methyl sites for hydroxylation is 1. The predicted molar refractivity (Wildman–Crippen MR) is 102 cm³/mol. The van der Waals surface area contributed by atoms with Crippen molar-refractivity contribution < 1.29 is 23.3 Å². The van der Waals surface area contributed by atoms with E-state index in [-0.39, 0.29) is 5.43 Å². The average molecular weight is 400 g/mol. The molecule has 2 heteroatoms. The number of benzene rings is 1. The fraction of sp³-hybridized carbons (Fsp3) is 0.381. The number of rotatable bonds is 0. The van der Waals surface area contributed by atoms with Gasteiger partial charge in [-0.3, -0.25) is 6.08 Å². The van der Waals surface area contributed by atoms with Crippen molar-refractivity contribution in [3.63, 3.8) is 0 Å². The van der Waals surface area contributed by atoms with Crippen LogP contribution in [-0.2, 0) is 23.3 Å². The molecule has 0 saturated heterocycles. The van der Waals surface area contributed by atoms with Gasteiger partial charge in [-0.15, -0.1) is 41.5 Å². The van der Waals surface area contributed by atoms with Crippen LogP contribution in [0.3, 0.4) is 0 Å². The molecule has 0 aromatic heterocycles. The van der Waals surface area contributed by atoms with Gasteiger partial charge in [0.25, 0.3) is 0 Å². The third-order valence-electron chi connectivity index (χ3n) is 3.56. The van der Waals surface area contributed by atoms with Gasteiger partial charge in [0.15, 0.2) is 0 Å². The molecule has 0 saturated carbocycles. The second kappa shape index (κ2) is 9.64. The maximum Gasteiger partial charge on any atom is -0.0809 e. The van der Waals surface area contributed by atoms with Crippen LogP contribution < -0.4 is 0 Å². The molecule has 0 aliphatic heterocycles. The van der Waals surface area contributed by atoms with E-state index in [1.54, 1.807) is 23.3 Å². The van der Waals surface area contributed by atoms with Crippen LogP contribution in [0.5, 0.6) is 0 Å². The summed E-state index contributed by atoms with van der Waals surface area (Å²) in [6.45, 7) is 13.5. The SMILES string of the molecule is CC(C)(C)C1=CC=[C-]C1.C[Si](C)=[Zr+2].Cc1c[cH-]c2ccccc12. The quantitative estimate of drug-likeness (QED) is 0.356. The van der Waals surface area contributed by atoms with E-state index < -0.39 is 0 Å². The molecule has 0 spiro atoms. The Balaban J connectivity index is 0.000000189. The van der Waals surface area contributed by atoms with Crippen LogP contribution in [0.2, 0.25) is 13.1 Å². The van der Waals surface area contributed by atoms with Crippen LogP contribution in [-0.4, -0.2) is 5.43 Å². The van der Waals surface area contributed by atoms with Crippen molar-refractivity contribution in [3.8, 4) is 0 Å². The third kappa shape index (κ3) is 7.68. The summed E-state index contributed by atoms with van der Waals surface area (Å²) in [4.78, 5) is 0. The maximum atomic E-state index is 3.16. The molecule has 3 rings (SSSR count). The monoisotopic (exact) mass is 398 g/mol. The summed E-state index contributed by atoms with van der Waals surface area (Å²) < 4.78 is 0. The van der Waals surface area contributed by atoms with Crippen LogP contribution in [0.1, 0.15) is 32.8 Å². The molecular weight excluding hydrogens is 372 g/mol. The molecular formula is C21H28SiZr. The molecule has 1 aliphatic rings. The summed E-state index contributed by atoms with van der Waals surface area (Å²) in [6.07, 6.45) is 8.37. The normalized spacial score (nSPS) is 13.0. The van der Waals surface area contributed by atoms with Crippen molar-refractivity contribution in [2.24, 2.45) is 5.41 Å². The minimum Gasteiger partial charge on any atom is -0.156 e. The standard InChI is InChI=1S/C10H9.C9H13.C2H6Si.Zr/c1-8-6-7-9-4-2-3-5-10(8)9;1-9(2,3)8-6-4-5-7-8;1-3-2;/h2-7H,1H3;4,6H,7H2,1-3H3;1-2H3;/q2*-1;;+2. The molecule has 0 unspecified atom stereocenters. The Morgan fingerprint density at radius 1 is 1.17 bits per heavy atom. The molecule has 0 bridgehead atoms. The minimum absolute atomic E-state index is 0.210. The molecule has 2 aromatic carbocycles. The Morgan fingerprint density at radius 3 is 2.22 bits per heavy atom. The fourth-order valence-corrected chi connectivity index (χ4v) is 2.21. The van der Waals surface area contributed by atoms with Gasteiger partial charge >= 0.3 is 41.9 Å². The molecule has 1 aliphatic carbocycles. The first-order valence-corrected chi connectivity index (χ1v) is 14.3. The van der Waals surface area contributed by atoms with Gasteiger partial charge in [0.1, 0.15) is 0 Å². The van der Waals surface area contributed by atoms with Crippen molar-refractivity contribution in [1.82, 2.24) is 0 Å². The van der Waals surface area contributed by atoms with Crippen molar-refractivity contribution in [3.05, 3.63) is 65.8 Å². The Bertz CT molecular complexity index is 692. The molecule has 23 heavy (non-hydrogen) atoms. The molecule has 0 N–H and O–H groups in total. The van der Waals surface area contributed by atoms with E-state index in [0.29, 0.717) is 5.41 Å². The summed E-state index contributed by atoms with van der Waals surface area (Å²) >= 11 is 1.74. The van der Waals surface area contributed by atoms with E-state index in [4.69, 9.17) is 0 Å². The summed E-state index contributed by atoms with van der Waals surface area (Å²) in [5.41, 5.74) is 3.42. The van der Waals surface area contributed by atoms with Crippen molar-refractivity contribution in [2.75, 3.05) is 0 Å². The molecule has 0 amide bonds. The van der Waals surface area contributed by atoms with Gasteiger partial charge in [-0.1, -0.05) is 33.8 Å². The average Bonchev–Trinajstić information content (AvgIpc) is 3.09. The fourth-order valence-electron chi connectivity index (χ4n) is 2.21. The Morgan fingerprint density at radius 2 is 1.78 bits per heavy atom. The van der Waals surface area contributed by atoms with E-state index in [1.807, 2.05) is 6.08 Å². The number of hydrogen-bond donors (Lipinski definition) is 0. The first-order chi connectivity index (χ1) is 10.7. The zero-order valence-electron chi connectivity index (χ0n) is 15.3. The van der Waals surface area contributed by atoms with Gasteiger partial charge in [0.2, 0.25) is 0 Å². The molecule has 2 aromatic rings. The van der Waals surface area contributed by atoms with Crippen LogP contribution in [0.15, 0.2) is 54.1 Å². The van der Waals surface area contributed by atoms with Crippen LogP contribution >= 0.6 is 0 Å². The summed E-state index contributed by atoms with van der Waals surface area (Å²) in [5.74, 6) is 0. The first kappa shape index (κ1) is 20.5. The van der Waals surface area contributed by atoms with E-state index in [9.17, 15) is 0 Å². The largest absolute Gasteiger partial charge is 0.156 e. The topological polar surface area (TPSA) is 0 Å². The maximum absolute atomic E-state index is 3.16. The van der Waals surface area contributed by atoms with E-state index in [0.717, 1.165) is 6.42 Å². The second-order valence-electron chi connectivity index (χ2n) is 7.09. The van der Waals surface area contributed by atoms with Crippen LogP contribution in [0, 0.1) is 18.4 Å². The Kier molecular flexibility index (Phi) is 8.58. The minimum atomic E-state index is 0.210. The molecule has 0 radical (unpaired) electrons. The summed E-state index contributed by atoms with van der Waals surface area (Å²) in [7, 11) is 0. The Hall–Kier alpha value is -0.590. The van der Waals surface area contributed by atoms with Crippen molar-refractivity contribution in [2.45, 2.75) is 47.2 Å². The van der Waals surface area contributed by atoms with Crippen molar-refractivity contribution in [1.29, 1.82) is 0 Å². The zero-order chi connectivity index (χ0) is 17.5. The predicted octanol–water partition coefficient (Wildman–Crippen LogP) is 6.37. The van der Waals surface area contributed by atoms with Gasteiger partial charge in [-0.25, -0.2) is 12.2 Å². The van der Waals surface area contributed by atoms with E-state index in [2.05, 4.69) is 89.3 Å².